The van der Waals surface area contributed by atoms with E-state index in [-0.39, 0.29) is 0 Å². The maximum atomic E-state index is 2.89. The van der Waals surface area contributed by atoms with Crippen molar-refractivity contribution in [2.75, 3.05) is 6.54 Å². The minimum absolute atomic E-state index is 0.938. The van der Waals surface area contributed by atoms with Gasteiger partial charge in [-0.2, -0.15) is 0 Å². The lowest BCUT2D eigenvalue weighted by Gasteiger charge is -1.82. The Kier molecular flexibility index (Phi) is 4.87. The van der Waals surface area contributed by atoms with Gasteiger partial charge in [-0.1, -0.05) is 12.8 Å². The van der Waals surface area contributed by atoms with Gasteiger partial charge >= 0.3 is 0 Å². The summed E-state index contributed by atoms with van der Waals surface area (Å²) in [7, 11) is 0. The van der Waals surface area contributed by atoms with Crippen LogP contribution in [0.5, 0.6) is 0 Å². The molecule has 0 aromatic carbocycles. The first-order chi connectivity index (χ1) is 3.41. The average Bonchev–Trinajstić information content (AvgIpc) is 1.69. The Balaban J connectivity index is 2.91. The van der Waals surface area contributed by atoms with Gasteiger partial charge in [-0.25, -0.2) is 0 Å². The molecule has 0 aliphatic rings. The molecule has 1 heteroatoms. The Bertz CT molecular complexity index is 75.9. The van der Waals surface area contributed by atoms with Crippen LogP contribution < -0.4 is 5.32 Å². The summed E-state index contributed by atoms with van der Waals surface area (Å²) in [4.78, 5) is 0. The van der Waals surface area contributed by atoms with Crippen molar-refractivity contribution in [2.24, 2.45) is 0 Å². The van der Waals surface area contributed by atoms with Gasteiger partial charge in [-0.15, -0.1) is 0 Å². The van der Waals surface area contributed by atoms with Crippen molar-refractivity contribution in [1.82, 2.24) is 5.32 Å². The highest BCUT2D eigenvalue weighted by Crippen LogP contribution is 1.62. The van der Waals surface area contributed by atoms with Crippen molar-refractivity contribution in [1.29, 1.82) is 0 Å². The van der Waals surface area contributed by atoms with Crippen LogP contribution in [0.3, 0.4) is 0 Å². The molecule has 0 aliphatic carbocycles. The van der Waals surface area contributed by atoms with E-state index in [2.05, 4.69) is 17.3 Å². The quantitative estimate of drug-likeness (QED) is 0.379. The molecule has 0 aromatic rings. The molecule has 0 aliphatic heterocycles. The van der Waals surface area contributed by atoms with Crippen molar-refractivity contribution in [2.45, 2.75) is 20.3 Å². The summed E-state index contributed by atoms with van der Waals surface area (Å²) in [5.74, 6) is 2.89. The van der Waals surface area contributed by atoms with Crippen LogP contribution in [0.4, 0.5) is 0 Å². The molecule has 0 saturated heterocycles. The number of hydrogen-bond acceptors (Lipinski definition) is 1. The highest BCUT2D eigenvalue weighted by Gasteiger charge is 1.60. The molecule has 1 N–H and O–H groups in total. The first-order valence-corrected chi connectivity index (χ1v) is 2.62. The summed E-state index contributed by atoms with van der Waals surface area (Å²) >= 11 is 0. The van der Waals surface area contributed by atoms with Crippen molar-refractivity contribution < 1.29 is 0 Å². The Morgan fingerprint density at radius 2 is 2.14 bits per heavy atom. The molecule has 0 unspecified atom stereocenters. The molecule has 0 amide bonds. The minimum atomic E-state index is 0.938. The predicted molar refractivity (Wildman–Crippen MR) is 31.7 cm³/mol. The van der Waals surface area contributed by atoms with Crippen LogP contribution in [0, 0.1) is 12.0 Å². The van der Waals surface area contributed by atoms with Crippen LogP contribution in [-0.2, 0) is 0 Å². The first-order valence-electron chi connectivity index (χ1n) is 2.62. The van der Waals surface area contributed by atoms with E-state index in [9.17, 15) is 0 Å². The van der Waals surface area contributed by atoms with Gasteiger partial charge in [0.05, 0.1) is 0 Å². The highest BCUT2D eigenvalue weighted by molar-refractivity contribution is 4.94. The molecule has 0 fully saturated rings. The zero-order valence-corrected chi connectivity index (χ0v) is 4.91. The third-order valence-corrected chi connectivity index (χ3v) is 0.530. The van der Waals surface area contributed by atoms with Gasteiger partial charge in [0, 0.05) is 19.0 Å². The van der Waals surface area contributed by atoms with Gasteiger partial charge in [-0.05, 0) is 6.92 Å². The number of nitrogens with one attached hydrogen (secondary N) is 1. The molecule has 0 heterocycles. The lowest BCUT2D eigenvalue weighted by molar-refractivity contribution is 0.950. The molecular formula is C6H11N. The summed E-state index contributed by atoms with van der Waals surface area (Å²) in [6.07, 6.45) is 0.938. The Morgan fingerprint density at radius 1 is 1.43 bits per heavy atom. The summed E-state index contributed by atoms with van der Waals surface area (Å²) in [6, 6.07) is 2.78. The van der Waals surface area contributed by atoms with Crippen LogP contribution >= 0.6 is 0 Å². The summed E-state index contributed by atoms with van der Waals surface area (Å²) in [6.45, 7) is 5.00. The van der Waals surface area contributed by atoms with Crippen molar-refractivity contribution in [3.63, 3.8) is 0 Å². The van der Waals surface area contributed by atoms with Gasteiger partial charge in [0.15, 0.2) is 0 Å². The van der Waals surface area contributed by atoms with Crippen molar-refractivity contribution in [3.8, 4) is 12.0 Å². The summed E-state index contributed by atoms with van der Waals surface area (Å²) < 4.78 is 0. The highest BCUT2D eigenvalue weighted by atomic mass is 14.8. The second-order valence-electron chi connectivity index (χ2n) is 1.19. The fraction of sp³-hybridized carbons (Fsp3) is 0.667. The van der Waals surface area contributed by atoms with Crippen LogP contribution in [0.1, 0.15) is 20.3 Å². The maximum absolute atomic E-state index is 2.89. The summed E-state index contributed by atoms with van der Waals surface area (Å²) in [5, 5.41) is 2.89. The smallest absolute Gasteiger partial charge is 0.0201 e. The van der Waals surface area contributed by atoms with E-state index >= 15 is 0 Å². The third kappa shape index (κ3) is 5.36. The van der Waals surface area contributed by atoms with E-state index in [4.69, 9.17) is 0 Å². The Hall–Kier alpha value is -0.640. The topological polar surface area (TPSA) is 12.0 Å². The lowest BCUT2D eigenvalue weighted by atomic mass is 10.5. The zero-order valence-electron chi connectivity index (χ0n) is 4.91. The largest absolute Gasteiger partial charge is 0.346 e. The normalized spacial score (nSPS) is 6.57. The average molecular weight is 97.2 g/mol. The minimum Gasteiger partial charge on any atom is -0.346 e. The van der Waals surface area contributed by atoms with E-state index in [0.29, 0.717) is 0 Å². The second-order valence-corrected chi connectivity index (χ2v) is 1.19. The van der Waals surface area contributed by atoms with Crippen LogP contribution in [0.2, 0.25) is 0 Å². The predicted octanol–water partition coefficient (Wildman–Crippen LogP) is 0.967. The summed E-state index contributed by atoms with van der Waals surface area (Å²) in [5.41, 5.74) is 0. The second kappa shape index (κ2) is 5.36. The van der Waals surface area contributed by atoms with Crippen LogP contribution in [0.15, 0.2) is 0 Å². The molecule has 0 radical (unpaired) electrons. The van der Waals surface area contributed by atoms with Crippen molar-refractivity contribution >= 4 is 0 Å². The van der Waals surface area contributed by atoms with Crippen LogP contribution in [0.25, 0.3) is 0 Å². The molecular weight excluding hydrogens is 86.1 g/mol. The third-order valence-electron chi connectivity index (χ3n) is 0.530. The van der Waals surface area contributed by atoms with Gasteiger partial charge in [0.1, 0.15) is 0 Å². The van der Waals surface area contributed by atoms with Gasteiger partial charge in [0.25, 0.3) is 0 Å². The van der Waals surface area contributed by atoms with Gasteiger partial charge in [0.2, 0.25) is 0 Å². The molecule has 40 valence electrons. The van der Waals surface area contributed by atoms with E-state index in [1.807, 2.05) is 13.8 Å². The molecule has 0 saturated carbocycles. The van der Waals surface area contributed by atoms with E-state index in [0.717, 1.165) is 13.0 Å². The molecule has 0 aromatic heterocycles. The van der Waals surface area contributed by atoms with Crippen LogP contribution in [-0.4, -0.2) is 6.54 Å². The molecule has 0 rings (SSSR count). The monoisotopic (exact) mass is 97.1 g/mol. The van der Waals surface area contributed by atoms with E-state index in [1.54, 1.807) is 0 Å². The standard InChI is InChI=1S/C6H11N/c1-3-5-6-7-4-2/h7H,3-4H2,1-2H3. The Morgan fingerprint density at radius 3 is 2.57 bits per heavy atom. The lowest BCUT2D eigenvalue weighted by Crippen LogP contribution is -2.01. The number of rotatable bonds is 1. The molecule has 0 bridgehead atoms. The maximum Gasteiger partial charge on any atom is 0.0201 e. The fourth-order valence-electron chi connectivity index (χ4n) is 0.239. The van der Waals surface area contributed by atoms with E-state index < -0.39 is 0 Å². The Labute approximate surface area is 45.1 Å². The fourth-order valence-corrected chi connectivity index (χ4v) is 0.239. The van der Waals surface area contributed by atoms with E-state index in [1.165, 1.54) is 0 Å². The van der Waals surface area contributed by atoms with Gasteiger partial charge in [-0.3, -0.25) is 0 Å². The molecule has 0 spiro atoms. The zero-order chi connectivity index (χ0) is 5.54. The molecule has 1 nitrogen and oxygen atoms in total. The SMILES string of the molecule is CCC#CNCC. The first kappa shape index (κ1) is 6.36. The molecule has 7 heavy (non-hydrogen) atoms. The molecule has 0 atom stereocenters. The van der Waals surface area contributed by atoms with Gasteiger partial charge < -0.3 is 5.32 Å². The van der Waals surface area contributed by atoms with Crippen molar-refractivity contribution in [3.05, 3.63) is 0 Å². The number of hydrogen-bond donors (Lipinski definition) is 1.